The molecule has 0 bridgehead atoms. The van der Waals surface area contributed by atoms with E-state index in [4.69, 9.17) is 4.99 Å². The summed E-state index contributed by atoms with van der Waals surface area (Å²) in [6.07, 6.45) is 3.02. The molecular weight excluding hydrogens is 425 g/mol. The number of aryl methyl sites for hydroxylation is 1. The van der Waals surface area contributed by atoms with E-state index in [-0.39, 0.29) is 27.8 Å². The predicted molar refractivity (Wildman–Crippen MR) is 117 cm³/mol. The average Bonchev–Trinajstić information content (AvgIpc) is 2.56. The molecule has 0 unspecified atom stereocenters. The summed E-state index contributed by atoms with van der Waals surface area (Å²) >= 11 is 0. The number of benzene rings is 2. The fourth-order valence-corrected chi connectivity index (χ4v) is 2.58. The van der Waals surface area contributed by atoms with Crippen molar-refractivity contribution in [2.24, 2.45) is 4.99 Å². The summed E-state index contributed by atoms with van der Waals surface area (Å²) in [7, 11) is 0. The van der Waals surface area contributed by atoms with Crippen LogP contribution in [0.25, 0.3) is 0 Å². The third-order valence-electron chi connectivity index (χ3n) is 3.94. The Hall–Kier alpha value is -1.43. The number of aliphatic imine (C=N–C) groups is 1. The van der Waals surface area contributed by atoms with Gasteiger partial charge in [-0.3, -0.25) is 4.99 Å². The largest absolute Gasteiger partial charge is 0.507 e. The standard InChI is InChI=1S/C20H25NO.C3H8.CH3.Pd/c1-13(2)17-10-7-11-18(14(3)4)19(17)21-12-16-9-6-8-15(5)20(16)22;1-3-2;;/h6-14,22H,1-5H3;3H2,1-2H3;1H3;/q;;-1;. The van der Waals surface area contributed by atoms with Crippen LogP contribution in [0.4, 0.5) is 5.69 Å². The molecule has 0 saturated heterocycles. The molecule has 154 valence electrons. The van der Waals surface area contributed by atoms with Gasteiger partial charge in [-0.05, 0) is 41.5 Å². The van der Waals surface area contributed by atoms with E-state index in [0.29, 0.717) is 17.6 Å². The number of hydrogen-bond acceptors (Lipinski definition) is 2. The first-order valence-electron chi connectivity index (χ1n) is 9.28. The molecule has 0 spiro atoms. The topological polar surface area (TPSA) is 32.6 Å². The Morgan fingerprint density at radius 2 is 1.37 bits per heavy atom. The second-order valence-corrected chi connectivity index (χ2v) is 7.07. The van der Waals surface area contributed by atoms with Crippen molar-refractivity contribution in [2.75, 3.05) is 0 Å². The molecule has 0 amide bonds. The maximum atomic E-state index is 10.1. The van der Waals surface area contributed by atoms with E-state index < -0.39 is 0 Å². The summed E-state index contributed by atoms with van der Waals surface area (Å²) in [5.41, 5.74) is 5.15. The van der Waals surface area contributed by atoms with E-state index in [2.05, 4.69) is 59.7 Å². The molecule has 0 heterocycles. The van der Waals surface area contributed by atoms with Gasteiger partial charge in [0.2, 0.25) is 0 Å². The summed E-state index contributed by atoms with van der Waals surface area (Å²) in [6, 6.07) is 12.1. The molecule has 2 aromatic rings. The summed E-state index contributed by atoms with van der Waals surface area (Å²) in [6.45, 7) is 14.9. The van der Waals surface area contributed by atoms with E-state index >= 15 is 0 Å². The Labute approximate surface area is 180 Å². The van der Waals surface area contributed by atoms with Gasteiger partial charge in [0.1, 0.15) is 5.75 Å². The molecule has 2 rings (SSSR count). The van der Waals surface area contributed by atoms with Crippen molar-refractivity contribution in [3.63, 3.8) is 0 Å². The molecule has 3 heteroatoms. The molecule has 1 N–H and O–H groups in total. The number of nitrogens with zero attached hydrogens (tertiary/aromatic N) is 1. The SMILES string of the molecule is CCC.Cc1cccc(C=Nc2c(C(C)C)cccc2C(C)C)c1O.[CH3-].[Pd]. The predicted octanol–water partition coefficient (Wildman–Crippen LogP) is 7.56. The summed E-state index contributed by atoms with van der Waals surface area (Å²) in [4.78, 5) is 4.74. The van der Waals surface area contributed by atoms with E-state index in [1.54, 1.807) is 6.21 Å². The molecule has 0 aliphatic carbocycles. The molecule has 0 aliphatic heterocycles. The minimum absolute atomic E-state index is 0. The summed E-state index contributed by atoms with van der Waals surface area (Å²) in [5.74, 6) is 1.13. The van der Waals surface area contributed by atoms with Crippen LogP contribution in [0.2, 0.25) is 0 Å². The van der Waals surface area contributed by atoms with Crippen molar-refractivity contribution in [1.29, 1.82) is 0 Å². The van der Waals surface area contributed by atoms with Gasteiger partial charge in [-0.15, -0.1) is 0 Å². The maximum Gasteiger partial charge on any atom is 0.127 e. The molecule has 0 radical (unpaired) electrons. The van der Waals surface area contributed by atoms with Crippen LogP contribution in [-0.4, -0.2) is 11.3 Å². The Morgan fingerprint density at radius 1 is 0.926 bits per heavy atom. The molecule has 0 fully saturated rings. The van der Waals surface area contributed by atoms with Crippen molar-refractivity contribution < 1.29 is 25.5 Å². The second-order valence-electron chi connectivity index (χ2n) is 7.07. The van der Waals surface area contributed by atoms with Gasteiger partial charge in [-0.25, -0.2) is 0 Å². The maximum absolute atomic E-state index is 10.1. The quantitative estimate of drug-likeness (QED) is 0.285. The van der Waals surface area contributed by atoms with Gasteiger partial charge in [0, 0.05) is 32.2 Å². The number of para-hydroxylation sites is 2. The van der Waals surface area contributed by atoms with Gasteiger partial charge in [0.15, 0.2) is 0 Å². The van der Waals surface area contributed by atoms with Crippen LogP contribution < -0.4 is 0 Å². The third-order valence-corrected chi connectivity index (χ3v) is 3.94. The molecule has 0 aliphatic rings. The molecule has 0 atom stereocenters. The minimum Gasteiger partial charge on any atom is -0.507 e. The van der Waals surface area contributed by atoms with Gasteiger partial charge in [0.25, 0.3) is 0 Å². The zero-order chi connectivity index (χ0) is 19.0. The Morgan fingerprint density at radius 3 is 1.81 bits per heavy atom. The summed E-state index contributed by atoms with van der Waals surface area (Å²) < 4.78 is 0. The van der Waals surface area contributed by atoms with Gasteiger partial charge >= 0.3 is 0 Å². The third kappa shape index (κ3) is 7.99. The van der Waals surface area contributed by atoms with Crippen molar-refractivity contribution in [2.45, 2.75) is 66.7 Å². The molecule has 0 aromatic heterocycles. The van der Waals surface area contributed by atoms with Crippen LogP contribution >= 0.6 is 0 Å². The van der Waals surface area contributed by atoms with Crippen molar-refractivity contribution in [3.8, 4) is 5.75 Å². The fourth-order valence-electron chi connectivity index (χ4n) is 2.58. The van der Waals surface area contributed by atoms with Crippen molar-refractivity contribution in [3.05, 3.63) is 66.1 Å². The zero-order valence-electron chi connectivity index (χ0n) is 18.1. The Balaban J connectivity index is 0. The van der Waals surface area contributed by atoms with Gasteiger partial charge in [-0.1, -0.05) is 78.3 Å². The van der Waals surface area contributed by atoms with Gasteiger partial charge in [-0.2, -0.15) is 0 Å². The van der Waals surface area contributed by atoms with Gasteiger partial charge in [0.05, 0.1) is 5.69 Å². The van der Waals surface area contributed by atoms with Crippen LogP contribution in [0, 0.1) is 14.4 Å². The van der Waals surface area contributed by atoms with Crippen LogP contribution in [0.3, 0.4) is 0 Å². The van der Waals surface area contributed by atoms with E-state index in [0.717, 1.165) is 16.8 Å². The van der Waals surface area contributed by atoms with E-state index in [1.807, 2.05) is 25.1 Å². The van der Waals surface area contributed by atoms with Crippen LogP contribution in [0.5, 0.6) is 5.75 Å². The Bertz CT molecular complexity index is 679. The molecule has 2 nitrogen and oxygen atoms in total. The first-order valence-corrected chi connectivity index (χ1v) is 9.28. The van der Waals surface area contributed by atoms with Crippen molar-refractivity contribution in [1.82, 2.24) is 0 Å². The van der Waals surface area contributed by atoms with Gasteiger partial charge < -0.3 is 12.5 Å². The second kappa shape index (κ2) is 13.7. The normalized spacial score (nSPS) is 10.3. The smallest absolute Gasteiger partial charge is 0.127 e. The molecule has 2 aromatic carbocycles. The van der Waals surface area contributed by atoms with Crippen LogP contribution in [0.1, 0.15) is 82.1 Å². The zero-order valence-corrected chi connectivity index (χ0v) is 19.7. The van der Waals surface area contributed by atoms with Crippen LogP contribution in [-0.2, 0) is 20.4 Å². The first kappa shape index (κ1) is 27.8. The first-order chi connectivity index (χ1) is 11.8. The monoisotopic (exact) mass is 460 g/mol. The number of aromatic hydroxyl groups is 1. The van der Waals surface area contributed by atoms with Crippen LogP contribution in [0.15, 0.2) is 41.4 Å². The van der Waals surface area contributed by atoms with E-state index in [9.17, 15) is 5.11 Å². The number of rotatable bonds is 4. The number of phenols is 1. The fraction of sp³-hybridized carbons (Fsp3) is 0.417. The minimum atomic E-state index is 0. The molecule has 27 heavy (non-hydrogen) atoms. The van der Waals surface area contributed by atoms with Crippen molar-refractivity contribution >= 4 is 11.9 Å². The Kier molecular flexibility index (Phi) is 14.1. The average molecular weight is 461 g/mol. The molecular formula is C24H36NOPd-. The van der Waals surface area contributed by atoms with E-state index in [1.165, 1.54) is 17.5 Å². The number of hydrogen-bond donors (Lipinski definition) is 1. The molecule has 0 saturated carbocycles. The number of phenolic OH excluding ortho intramolecular Hbond substituents is 1. The summed E-state index contributed by atoms with van der Waals surface area (Å²) in [5, 5.41) is 10.1.